The zero-order valence-electron chi connectivity index (χ0n) is 9.69. The smallest absolute Gasteiger partial charge is 0.335 e. The zero-order chi connectivity index (χ0) is 13.8. The monoisotopic (exact) mass is 258 g/mol. The molecule has 0 aliphatic carbocycles. The van der Waals surface area contributed by atoms with E-state index < -0.39 is 5.97 Å². The van der Waals surface area contributed by atoms with Gasteiger partial charge in [-0.1, -0.05) is 0 Å². The number of benzene rings is 2. The lowest BCUT2D eigenvalue weighted by atomic mass is 10.2. The third kappa shape index (κ3) is 3.06. The fraction of sp³-hybridized carbons (Fsp3) is 0. The van der Waals surface area contributed by atoms with Gasteiger partial charge in [-0.15, -0.1) is 5.11 Å². The molecule has 2 rings (SSSR count). The molecule has 0 aliphatic heterocycles. The van der Waals surface area contributed by atoms with E-state index in [0.29, 0.717) is 5.69 Å². The number of aromatic hydroxyl groups is 2. The van der Waals surface area contributed by atoms with Crippen LogP contribution < -0.4 is 0 Å². The normalized spacial score (nSPS) is 10.7. The molecule has 0 unspecified atom stereocenters. The van der Waals surface area contributed by atoms with E-state index in [-0.39, 0.29) is 22.7 Å². The van der Waals surface area contributed by atoms with E-state index in [0.717, 1.165) is 6.07 Å². The lowest BCUT2D eigenvalue weighted by Crippen LogP contribution is -1.93. The minimum Gasteiger partial charge on any atom is -0.508 e. The van der Waals surface area contributed by atoms with E-state index in [1.807, 2.05) is 0 Å². The molecule has 0 saturated heterocycles. The van der Waals surface area contributed by atoms with Crippen molar-refractivity contribution in [1.29, 1.82) is 0 Å². The Morgan fingerprint density at radius 3 is 2.21 bits per heavy atom. The maximum Gasteiger partial charge on any atom is 0.335 e. The summed E-state index contributed by atoms with van der Waals surface area (Å²) in [6.07, 6.45) is 0. The van der Waals surface area contributed by atoms with Crippen molar-refractivity contribution in [2.24, 2.45) is 10.2 Å². The fourth-order valence-corrected chi connectivity index (χ4v) is 1.38. The number of phenols is 2. The maximum absolute atomic E-state index is 10.7. The summed E-state index contributed by atoms with van der Waals surface area (Å²) < 4.78 is 0. The number of phenolic OH excluding ortho intramolecular Hbond substituents is 2. The molecule has 0 aliphatic rings. The number of rotatable bonds is 3. The molecule has 0 radical (unpaired) electrons. The van der Waals surface area contributed by atoms with E-state index in [1.54, 1.807) is 0 Å². The number of carbonyl (C=O) groups is 1. The van der Waals surface area contributed by atoms with Crippen LogP contribution in [0.2, 0.25) is 0 Å². The molecule has 0 amide bonds. The predicted molar refractivity (Wildman–Crippen MR) is 67.3 cm³/mol. The molecule has 6 nitrogen and oxygen atoms in total. The first-order valence-corrected chi connectivity index (χ1v) is 5.33. The maximum atomic E-state index is 10.7. The van der Waals surface area contributed by atoms with Crippen LogP contribution in [-0.4, -0.2) is 21.3 Å². The third-order valence-electron chi connectivity index (χ3n) is 2.35. The van der Waals surface area contributed by atoms with E-state index in [4.69, 9.17) is 10.2 Å². The molecule has 0 aromatic heterocycles. The lowest BCUT2D eigenvalue weighted by molar-refractivity contribution is 0.0697. The van der Waals surface area contributed by atoms with Gasteiger partial charge in [0.2, 0.25) is 0 Å². The van der Waals surface area contributed by atoms with Crippen LogP contribution in [0.1, 0.15) is 10.4 Å². The molecule has 0 fully saturated rings. The van der Waals surface area contributed by atoms with Crippen molar-refractivity contribution in [3.8, 4) is 11.5 Å². The van der Waals surface area contributed by atoms with Crippen LogP contribution in [0.15, 0.2) is 52.7 Å². The summed E-state index contributed by atoms with van der Waals surface area (Å²) in [4.78, 5) is 10.7. The van der Waals surface area contributed by atoms with Crippen LogP contribution in [0.3, 0.4) is 0 Å². The molecule has 3 N–H and O–H groups in total. The average Bonchev–Trinajstić information content (AvgIpc) is 2.38. The quantitative estimate of drug-likeness (QED) is 0.735. The fourth-order valence-electron chi connectivity index (χ4n) is 1.38. The van der Waals surface area contributed by atoms with Crippen molar-refractivity contribution in [1.82, 2.24) is 0 Å². The Bertz CT molecular complexity index is 636. The van der Waals surface area contributed by atoms with Crippen LogP contribution in [0.5, 0.6) is 11.5 Å². The zero-order valence-corrected chi connectivity index (χ0v) is 9.69. The molecular formula is C13H10N2O4. The summed E-state index contributed by atoms with van der Waals surface area (Å²) in [7, 11) is 0. The van der Waals surface area contributed by atoms with Crippen LogP contribution in [0, 0.1) is 0 Å². The lowest BCUT2D eigenvalue weighted by Gasteiger charge is -1.98. The Morgan fingerprint density at radius 2 is 1.63 bits per heavy atom. The number of carboxylic acids is 1. The van der Waals surface area contributed by atoms with Gasteiger partial charge >= 0.3 is 5.97 Å². The van der Waals surface area contributed by atoms with Gasteiger partial charge in [-0.05, 0) is 36.4 Å². The summed E-state index contributed by atoms with van der Waals surface area (Å²) in [5.41, 5.74) is 0.823. The largest absolute Gasteiger partial charge is 0.508 e. The summed E-state index contributed by atoms with van der Waals surface area (Å²) in [5, 5.41) is 35.0. The topological polar surface area (TPSA) is 102 Å². The minimum absolute atomic E-state index is 0.0674. The number of nitrogens with zero attached hydrogens (tertiary/aromatic N) is 2. The first kappa shape index (κ1) is 12.6. The van der Waals surface area contributed by atoms with Gasteiger partial charge in [0.1, 0.15) is 17.2 Å². The summed E-state index contributed by atoms with van der Waals surface area (Å²) in [5.74, 6) is -1.27. The van der Waals surface area contributed by atoms with Crippen LogP contribution in [-0.2, 0) is 0 Å². The number of hydrogen-bond acceptors (Lipinski definition) is 5. The molecule has 2 aromatic rings. The summed E-state index contributed by atoms with van der Waals surface area (Å²) >= 11 is 0. The highest BCUT2D eigenvalue weighted by Gasteiger charge is 2.02. The standard InChI is InChI=1S/C13H10N2O4/c16-10-5-6-11(12(17)7-10)15-14-9-3-1-8(2-4-9)13(18)19/h1-7,16-17H,(H,18,19). The average molecular weight is 258 g/mol. The third-order valence-corrected chi connectivity index (χ3v) is 2.35. The van der Waals surface area contributed by atoms with E-state index in [2.05, 4.69) is 10.2 Å². The van der Waals surface area contributed by atoms with E-state index in [1.165, 1.54) is 36.4 Å². The Balaban J connectivity index is 2.20. The van der Waals surface area contributed by atoms with Crippen molar-refractivity contribution >= 4 is 17.3 Å². The minimum atomic E-state index is -1.01. The number of carboxylic acid groups (broad SMARTS) is 1. The van der Waals surface area contributed by atoms with Gasteiger partial charge in [0.25, 0.3) is 0 Å². The number of hydrogen-bond donors (Lipinski definition) is 3. The highest BCUT2D eigenvalue weighted by molar-refractivity contribution is 5.87. The molecule has 0 saturated carbocycles. The second-order valence-corrected chi connectivity index (χ2v) is 3.73. The molecule has 0 spiro atoms. The summed E-state index contributed by atoms with van der Waals surface area (Å²) in [6, 6.07) is 9.78. The van der Waals surface area contributed by atoms with Gasteiger partial charge in [-0.25, -0.2) is 4.79 Å². The molecular weight excluding hydrogens is 248 g/mol. The SMILES string of the molecule is O=C(O)c1ccc(N=Nc2ccc(O)cc2O)cc1. The van der Waals surface area contributed by atoms with Gasteiger partial charge in [0, 0.05) is 6.07 Å². The molecule has 0 atom stereocenters. The van der Waals surface area contributed by atoms with E-state index in [9.17, 15) is 9.90 Å². The van der Waals surface area contributed by atoms with Gasteiger partial charge in [0.15, 0.2) is 0 Å². The first-order valence-electron chi connectivity index (χ1n) is 5.33. The highest BCUT2D eigenvalue weighted by Crippen LogP contribution is 2.31. The predicted octanol–water partition coefficient (Wildman–Crippen LogP) is 3.21. The van der Waals surface area contributed by atoms with Crippen LogP contribution >= 0.6 is 0 Å². The molecule has 0 bridgehead atoms. The Labute approximate surface area is 108 Å². The Hall–Kier alpha value is -2.89. The molecule has 19 heavy (non-hydrogen) atoms. The van der Waals surface area contributed by atoms with Crippen molar-refractivity contribution in [3.63, 3.8) is 0 Å². The number of azo groups is 1. The van der Waals surface area contributed by atoms with Gasteiger partial charge < -0.3 is 15.3 Å². The van der Waals surface area contributed by atoms with Gasteiger partial charge in [0.05, 0.1) is 11.3 Å². The molecule has 2 aromatic carbocycles. The van der Waals surface area contributed by atoms with Crippen molar-refractivity contribution in [3.05, 3.63) is 48.0 Å². The van der Waals surface area contributed by atoms with Gasteiger partial charge in [-0.2, -0.15) is 5.11 Å². The van der Waals surface area contributed by atoms with Crippen molar-refractivity contribution in [2.75, 3.05) is 0 Å². The second-order valence-electron chi connectivity index (χ2n) is 3.73. The molecule has 96 valence electrons. The first-order chi connectivity index (χ1) is 9.06. The van der Waals surface area contributed by atoms with Crippen molar-refractivity contribution in [2.45, 2.75) is 0 Å². The van der Waals surface area contributed by atoms with Crippen LogP contribution in [0.25, 0.3) is 0 Å². The second kappa shape index (κ2) is 5.18. The van der Waals surface area contributed by atoms with Gasteiger partial charge in [-0.3, -0.25) is 0 Å². The highest BCUT2D eigenvalue weighted by atomic mass is 16.4. The Morgan fingerprint density at radius 1 is 0.947 bits per heavy atom. The summed E-state index contributed by atoms with van der Waals surface area (Å²) in [6.45, 7) is 0. The number of aromatic carboxylic acids is 1. The molecule has 0 heterocycles. The van der Waals surface area contributed by atoms with Crippen molar-refractivity contribution < 1.29 is 20.1 Å². The van der Waals surface area contributed by atoms with E-state index >= 15 is 0 Å². The molecule has 6 heteroatoms. The Kier molecular flexibility index (Phi) is 3.42. The van der Waals surface area contributed by atoms with Crippen LogP contribution in [0.4, 0.5) is 11.4 Å².